The first-order chi connectivity index (χ1) is 10.4. The molecule has 0 spiro atoms. The molecule has 1 aliphatic heterocycles. The monoisotopic (exact) mass is 332 g/mol. The first-order valence-corrected chi connectivity index (χ1v) is 8.09. The Kier molecular flexibility index (Phi) is 4.31. The summed E-state index contributed by atoms with van der Waals surface area (Å²) in [6.45, 7) is 4.21. The van der Waals surface area contributed by atoms with Gasteiger partial charge < -0.3 is 4.74 Å². The van der Waals surface area contributed by atoms with Gasteiger partial charge in [-0.3, -0.25) is 0 Å². The second-order valence-electron chi connectivity index (χ2n) is 6.10. The van der Waals surface area contributed by atoms with E-state index in [9.17, 15) is 0 Å². The molecule has 3 heteroatoms. The fourth-order valence-corrected chi connectivity index (χ4v) is 3.24. The number of ether oxygens (including phenoxy) is 1. The molecule has 2 aromatic carbocycles. The molecule has 1 saturated heterocycles. The zero-order valence-electron chi connectivity index (χ0n) is 12.6. The van der Waals surface area contributed by atoms with Crippen molar-refractivity contribution in [2.75, 3.05) is 0 Å². The van der Waals surface area contributed by atoms with Crippen LogP contribution < -0.4 is 0 Å². The summed E-state index contributed by atoms with van der Waals surface area (Å²) in [5.41, 5.74) is 3.19. The molecule has 1 aliphatic rings. The number of benzene rings is 2. The Hall–Kier alpha value is -1.28. The van der Waals surface area contributed by atoms with Crippen molar-refractivity contribution in [2.45, 2.75) is 32.0 Å². The van der Waals surface area contributed by atoms with Crippen molar-refractivity contribution < 1.29 is 4.74 Å². The van der Waals surface area contributed by atoms with Crippen molar-refractivity contribution in [2.24, 2.45) is 0 Å². The maximum atomic E-state index is 6.24. The lowest BCUT2D eigenvalue weighted by atomic mass is 9.93. The Labute approximate surface area is 141 Å². The molecule has 1 heterocycles. The quantitative estimate of drug-likeness (QED) is 0.625. The highest BCUT2D eigenvalue weighted by Gasteiger charge is 2.37. The Balaban J connectivity index is 1.90. The van der Waals surface area contributed by atoms with Crippen molar-refractivity contribution in [1.82, 2.24) is 0 Å². The first kappa shape index (κ1) is 15.6. The minimum atomic E-state index is -0.296. The maximum Gasteiger partial charge on any atom is 0.0875 e. The third-order valence-electron chi connectivity index (χ3n) is 4.03. The molecule has 0 aromatic heterocycles. The maximum absolute atomic E-state index is 6.24. The van der Waals surface area contributed by atoms with Crippen LogP contribution in [0.3, 0.4) is 0 Å². The van der Waals surface area contributed by atoms with E-state index in [2.05, 4.69) is 32.1 Å². The van der Waals surface area contributed by atoms with Gasteiger partial charge in [0.05, 0.1) is 11.7 Å². The van der Waals surface area contributed by atoms with Crippen LogP contribution in [-0.2, 0) is 4.74 Å². The van der Waals surface area contributed by atoms with Crippen LogP contribution in [0.5, 0.6) is 0 Å². The summed E-state index contributed by atoms with van der Waals surface area (Å²) in [6.07, 6.45) is 3.08. The average molecular weight is 333 g/mol. The standard InChI is InChI=1S/C19H18Cl2O/c1-19(2)15(9-13-5-3-7-16(20)10-13)12-18(22-19)14-6-4-8-17(21)11-14/h3-11,18H,12H2,1-2H3/b15-9+. The molecule has 0 N–H and O–H groups in total. The van der Waals surface area contributed by atoms with Gasteiger partial charge in [0.15, 0.2) is 0 Å². The summed E-state index contributed by atoms with van der Waals surface area (Å²) in [5.74, 6) is 0. The summed E-state index contributed by atoms with van der Waals surface area (Å²) >= 11 is 12.2. The van der Waals surface area contributed by atoms with Crippen molar-refractivity contribution >= 4 is 29.3 Å². The topological polar surface area (TPSA) is 9.23 Å². The van der Waals surface area contributed by atoms with E-state index >= 15 is 0 Å². The summed E-state index contributed by atoms with van der Waals surface area (Å²) < 4.78 is 6.24. The summed E-state index contributed by atoms with van der Waals surface area (Å²) in [7, 11) is 0. The lowest BCUT2D eigenvalue weighted by Crippen LogP contribution is -2.20. The molecule has 114 valence electrons. The Bertz CT molecular complexity index is 719. The van der Waals surface area contributed by atoms with E-state index in [1.54, 1.807) is 0 Å². The zero-order valence-corrected chi connectivity index (χ0v) is 14.2. The molecule has 3 rings (SSSR count). The molecule has 1 unspecified atom stereocenters. The lowest BCUT2D eigenvalue weighted by molar-refractivity contribution is -0.00408. The van der Waals surface area contributed by atoms with Crippen molar-refractivity contribution in [3.05, 3.63) is 75.3 Å². The highest BCUT2D eigenvalue weighted by atomic mass is 35.5. The smallest absolute Gasteiger partial charge is 0.0875 e. The van der Waals surface area contributed by atoms with Crippen LogP contribution in [-0.4, -0.2) is 5.60 Å². The van der Waals surface area contributed by atoms with Crippen LogP contribution in [0, 0.1) is 0 Å². The van der Waals surface area contributed by atoms with Crippen LogP contribution in [0.4, 0.5) is 0 Å². The number of hydrogen-bond acceptors (Lipinski definition) is 1. The number of rotatable bonds is 2. The van der Waals surface area contributed by atoms with Crippen LogP contribution >= 0.6 is 23.2 Å². The van der Waals surface area contributed by atoms with Crippen LogP contribution in [0.15, 0.2) is 54.1 Å². The van der Waals surface area contributed by atoms with E-state index in [1.165, 1.54) is 5.57 Å². The molecule has 1 atom stereocenters. The van der Waals surface area contributed by atoms with Gasteiger partial charge in [0.1, 0.15) is 0 Å². The summed E-state index contributed by atoms with van der Waals surface area (Å²) in [6, 6.07) is 15.8. The molecular weight excluding hydrogens is 315 g/mol. The second-order valence-corrected chi connectivity index (χ2v) is 6.97. The van der Waals surface area contributed by atoms with E-state index in [4.69, 9.17) is 27.9 Å². The largest absolute Gasteiger partial charge is 0.363 e. The van der Waals surface area contributed by atoms with E-state index < -0.39 is 0 Å². The van der Waals surface area contributed by atoms with Crippen LogP contribution in [0.25, 0.3) is 6.08 Å². The van der Waals surface area contributed by atoms with Gasteiger partial charge in [0, 0.05) is 16.5 Å². The van der Waals surface area contributed by atoms with Gasteiger partial charge in [-0.2, -0.15) is 0 Å². The lowest BCUT2D eigenvalue weighted by Gasteiger charge is -2.21. The van der Waals surface area contributed by atoms with E-state index in [1.807, 2.05) is 36.4 Å². The molecule has 0 aliphatic carbocycles. The van der Waals surface area contributed by atoms with Crippen molar-refractivity contribution in [3.63, 3.8) is 0 Å². The average Bonchev–Trinajstić information content (AvgIpc) is 2.74. The molecule has 0 amide bonds. The van der Waals surface area contributed by atoms with Gasteiger partial charge >= 0.3 is 0 Å². The fourth-order valence-electron chi connectivity index (χ4n) is 2.84. The SMILES string of the molecule is CC1(C)OC(c2cccc(Cl)c2)C/C1=C\c1cccc(Cl)c1. The fraction of sp³-hybridized carbons (Fsp3) is 0.263. The van der Waals surface area contributed by atoms with Gasteiger partial charge in [-0.15, -0.1) is 0 Å². The Morgan fingerprint density at radius 3 is 2.41 bits per heavy atom. The molecule has 2 aromatic rings. The van der Waals surface area contributed by atoms with E-state index in [0.29, 0.717) is 0 Å². The van der Waals surface area contributed by atoms with E-state index in [0.717, 1.165) is 27.6 Å². The first-order valence-electron chi connectivity index (χ1n) is 7.34. The van der Waals surface area contributed by atoms with Gasteiger partial charge in [-0.1, -0.05) is 53.5 Å². The van der Waals surface area contributed by atoms with Gasteiger partial charge in [0.2, 0.25) is 0 Å². The molecule has 0 saturated carbocycles. The minimum Gasteiger partial charge on any atom is -0.363 e. The number of halogens is 2. The van der Waals surface area contributed by atoms with Gasteiger partial charge in [0.25, 0.3) is 0 Å². The molecule has 22 heavy (non-hydrogen) atoms. The molecule has 0 radical (unpaired) electrons. The van der Waals surface area contributed by atoms with E-state index in [-0.39, 0.29) is 11.7 Å². The predicted octanol–water partition coefficient (Wildman–Crippen LogP) is 6.32. The third kappa shape index (κ3) is 3.38. The Morgan fingerprint density at radius 2 is 1.73 bits per heavy atom. The molecule has 1 nitrogen and oxygen atoms in total. The highest BCUT2D eigenvalue weighted by Crippen LogP contribution is 2.44. The predicted molar refractivity (Wildman–Crippen MR) is 93.4 cm³/mol. The minimum absolute atomic E-state index is 0.0409. The second kappa shape index (κ2) is 6.08. The molecule has 1 fully saturated rings. The number of hydrogen-bond donors (Lipinski definition) is 0. The molecular formula is C19H18Cl2O. The van der Waals surface area contributed by atoms with Crippen LogP contribution in [0.1, 0.15) is 37.5 Å². The van der Waals surface area contributed by atoms with Crippen molar-refractivity contribution in [3.8, 4) is 0 Å². The third-order valence-corrected chi connectivity index (χ3v) is 4.50. The van der Waals surface area contributed by atoms with Gasteiger partial charge in [-0.25, -0.2) is 0 Å². The van der Waals surface area contributed by atoms with Crippen molar-refractivity contribution in [1.29, 1.82) is 0 Å². The summed E-state index contributed by atoms with van der Waals surface area (Å²) in [4.78, 5) is 0. The Morgan fingerprint density at radius 1 is 1.05 bits per heavy atom. The van der Waals surface area contributed by atoms with Gasteiger partial charge in [-0.05, 0) is 54.8 Å². The zero-order chi connectivity index (χ0) is 15.7. The van der Waals surface area contributed by atoms with Crippen LogP contribution in [0.2, 0.25) is 10.0 Å². The highest BCUT2D eigenvalue weighted by molar-refractivity contribution is 6.31. The summed E-state index contributed by atoms with van der Waals surface area (Å²) in [5, 5.41) is 1.49. The normalized spacial score (nSPS) is 22.2. The molecule has 0 bridgehead atoms.